The van der Waals surface area contributed by atoms with Crippen LogP contribution in [-0.4, -0.2) is 33.7 Å². The first-order valence-electron chi connectivity index (χ1n) is 7.66. The summed E-state index contributed by atoms with van der Waals surface area (Å²) in [5.74, 6) is -0.612. The Kier molecular flexibility index (Phi) is 6.44. The summed E-state index contributed by atoms with van der Waals surface area (Å²) in [5, 5.41) is 2.35. The van der Waals surface area contributed by atoms with Gasteiger partial charge in [0.25, 0.3) is 0 Å². The lowest BCUT2D eigenvalue weighted by Gasteiger charge is -2.22. The van der Waals surface area contributed by atoms with E-state index >= 15 is 0 Å². The largest absolute Gasteiger partial charge is 0.494 e. The van der Waals surface area contributed by atoms with Gasteiger partial charge < -0.3 is 10.1 Å². The highest BCUT2D eigenvalue weighted by Gasteiger charge is 2.21. The van der Waals surface area contributed by atoms with Crippen LogP contribution >= 0.6 is 11.6 Å². The summed E-state index contributed by atoms with van der Waals surface area (Å²) in [6.07, 6.45) is 1.01. The van der Waals surface area contributed by atoms with Crippen molar-refractivity contribution in [3.8, 4) is 5.75 Å². The van der Waals surface area contributed by atoms with Crippen LogP contribution in [0.4, 0.5) is 15.8 Å². The van der Waals surface area contributed by atoms with Gasteiger partial charge in [-0.3, -0.25) is 9.10 Å². The van der Waals surface area contributed by atoms with Crippen LogP contribution < -0.4 is 14.4 Å². The van der Waals surface area contributed by atoms with Gasteiger partial charge in [0.15, 0.2) is 0 Å². The quantitative estimate of drug-likeness (QED) is 0.773. The Morgan fingerprint density at radius 2 is 1.88 bits per heavy atom. The van der Waals surface area contributed by atoms with E-state index in [-0.39, 0.29) is 10.7 Å². The number of hydrogen-bond acceptors (Lipinski definition) is 4. The van der Waals surface area contributed by atoms with Crippen LogP contribution in [0.1, 0.15) is 6.92 Å². The van der Waals surface area contributed by atoms with Gasteiger partial charge in [-0.05, 0) is 49.4 Å². The van der Waals surface area contributed by atoms with E-state index in [1.807, 2.05) is 6.92 Å². The number of anilines is 2. The van der Waals surface area contributed by atoms with Crippen LogP contribution in [0.5, 0.6) is 5.75 Å². The smallest absolute Gasteiger partial charge is 0.245 e. The van der Waals surface area contributed by atoms with Crippen molar-refractivity contribution in [1.29, 1.82) is 0 Å². The van der Waals surface area contributed by atoms with Gasteiger partial charge >= 0.3 is 0 Å². The Morgan fingerprint density at radius 3 is 2.42 bits per heavy atom. The van der Waals surface area contributed by atoms with E-state index in [1.165, 1.54) is 12.1 Å². The zero-order valence-corrected chi connectivity index (χ0v) is 15.8. The Balaban J connectivity index is 2.17. The standard InChI is InChI=1S/C17H18ClFN2O4S/c1-3-25-14-7-5-13(6-8-14)21(26(2,23)24)11-17(22)20-12-4-9-16(19)15(18)10-12/h4-10H,3,11H2,1-2H3,(H,20,22). The molecule has 2 aromatic carbocycles. The van der Waals surface area contributed by atoms with E-state index in [4.69, 9.17) is 16.3 Å². The van der Waals surface area contributed by atoms with Gasteiger partial charge in [-0.25, -0.2) is 12.8 Å². The minimum Gasteiger partial charge on any atom is -0.494 e. The normalized spacial score (nSPS) is 11.1. The van der Waals surface area contributed by atoms with Crippen LogP contribution in [0.15, 0.2) is 42.5 Å². The maximum Gasteiger partial charge on any atom is 0.245 e. The summed E-state index contributed by atoms with van der Waals surface area (Å²) < 4.78 is 43.6. The van der Waals surface area contributed by atoms with Crippen molar-refractivity contribution in [2.24, 2.45) is 0 Å². The molecule has 26 heavy (non-hydrogen) atoms. The molecule has 9 heteroatoms. The van der Waals surface area contributed by atoms with Crippen molar-refractivity contribution >= 4 is 38.9 Å². The molecule has 1 N–H and O–H groups in total. The van der Waals surface area contributed by atoms with Crippen molar-refractivity contribution in [2.45, 2.75) is 6.92 Å². The second kappa shape index (κ2) is 8.37. The molecule has 0 atom stereocenters. The molecule has 2 aromatic rings. The molecule has 0 spiro atoms. The number of carbonyl (C=O) groups is 1. The Hall–Kier alpha value is -2.32. The van der Waals surface area contributed by atoms with Gasteiger partial charge in [0.2, 0.25) is 15.9 Å². The van der Waals surface area contributed by atoms with E-state index in [0.717, 1.165) is 16.6 Å². The highest BCUT2D eigenvalue weighted by atomic mass is 35.5. The summed E-state index contributed by atoms with van der Waals surface area (Å²) in [4.78, 5) is 12.2. The molecule has 0 saturated heterocycles. The zero-order chi connectivity index (χ0) is 19.3. The van der Waals surface area contributed by atoms with Crippen molar-refractivity contribution in [2.75, 3.05) is 29.0 Å². The van der Waals surface area contributed by atoms with Crippen LogP contribution in [0.3, 0.4) is 0 Å². The molecule has 2 rings (SSSR count). The number of sulfonamides is 1. The fourth-order valence-electron chi connectivity index (χ4n) is 2.18. The predicted octanol–water partition coefficient (Wildman–Crippen LogP) is 3.28. The SMILES string of the molecule is CCOc1ccc(N(CC(=O)Nc2ccc(F)c(Cl)c2)S(C)(=O)=O)cc1. The molecule has 0 aliphatic heterocycles. The fraction of sp³-hybridized carbons (Fsp3) is 0.235. The van der Waals surface area contributed by atoms with Gasteiger partial charge in [-0.15, -0.1) is 0 Å². The molecule has 0 unspecified atom stereocenters. The van der Waals surface area contributed by atoms with Gasteiger partial charge in [-0.2, -0.15) is 0 Å². The predicted molar refractivity (Wildman–Crippen MR) is 99.8 cm³/mol. The molecule has 1 amide bonds. The number of rotatable bonds is 7. The number of nitrogens with one attached hydrogen (secondary N) is 1. The molecule has 0 saturated carbocycles. The minimum atomic E-state index is -3.70. The summed E-state index contributed by atoms with van der Waals surface area (Å²) >= 11 is 5.67. The second-order valence-corrected chi connectivity index (χ2v) is 7.69. The summed E-state index contributed by atoms with van der Waals surface area (Å²) in [6.45, 7) is 1.88. The summed E-state index contributed by atoms with van der Waals surface area (Å²) in [7, 11) is -3.70. The lowest BCUT2D eigenvalue weighted by molar-refractivity contribution is -0.114. The Labute approximate surface area is 156 Å². The lowest BCUT2D eigenvalue weighted by atomic mass is 10.3. The highest BCUT2D eigenvalue weighted by molar-refractivity contribution is 7.92. The first-order valence-corrected chi connectivity index (χ1v) is 9.89. The number of amides is 1. The van der Waals surface area contributed by atoms with Gasteiger partial charge in [0, 0.05) is 5.69 Å². The molecule has 0 fully saturated rings. The van der Waals surface area contributed by atoms with E-state index < -0.39 is 28.3 Å². The Morgan fingerprint density at radius 1 is 1.23 bits per heavy atom. The van der Waals surface area contributed by atoms with Crippen molar-refractivity contribution in [1.82, 2.24) is 0 Å². The highest BCUT2D eigenvalue weighted by Crippen LogP contribution is 2.22. The van der Waals surface area contributed by atoms with Crippen molar-refractivity contribution in [3.63, 3.8) is 0 Å². The van der Waals surface area contributed by atoms with Crippen LogP contribution in [0.25, 0.3) is 0 Å². The number of nitrogens with zero attached hydrogens (tertiary/aromatic N) is 1. The first kappa shape index (κ1) is 20.0. The van der Waals surface area contributed by atoms with Gasteiger partial charge in [0.05, 0.1) is 23.6 Å². The maximum absolute atomic E-state index is 13.2. The number of carbonyl (C=O) groups excluding carboxylic acids is 1. The third-order valence-electron chi connectivity index (χ3n) is 3.33. The topological polar surface area (TPSA) is 75.7 Å². The Bertz CT molecular complexity index is 888. The second-order valence-electron chi connectivity index (χ2n) is 5.37. The molecular weight excluding hydrogens is 383 g/mol. The van der Waals surface area contributed by atoms with Crippen LogP contribution in [0, 0.1) is 5.82 Å². The molecule has 140 valence electrons. The number of benzene rings is 2. The van der Waals surface area contributed by atoms with E-state index in [0.29, 0.717) is 18.0 Å². The minimum absolute atomic E-state index is 0.144. The lowest BCUT2D eigenvalue weighted by Crippen LogP contribution is -2.37. The fourth-order valence-corrected chi connectivity index (χ4v) is 3.22. The summed E-state index contributed by atoms with van der Waals surface area (Å²) in [5.41, 5.74) is 0.588. The average Bonchev–Trinajstić information content (AvgIpc) is 2.56. The van der Waals surface area contributed by atoms with Gasteiger partial charge in [0.1, 0.15) is 18.1 Å². The van der Waals surface area contributed by atoms with E-state index in [2.05, 4.69) is 5.32 Å². The zero-order valence-electron chi connectivity index (χ0n) is 14.2. The van der Waals surface area contributed by atoms with Gasteiger partial charge in [-0.1, -0.05) is 11.6 Å². The van der Waals surface area contributed by atoms with E-state index in [1.54, 1.807) is 24.3 Å². The number of ether oxygens (including phenoxy) is 1. The molecule has 0 heterocycles. The first-order chi connectivity index (χ1) is 12.2. The van der Waals surface area contributed by atoms with Crippen LogP contribution in [-0.2, 0) is 14.8 Å². The number of hydrogen-bond donors (Lipinski definition) is 1. The molecule has 0 aromatic heterocycles. The third-order valence-corrected chi connectivity index (χ3v) is 4.76. The maximum atomic E-state index is 13.2. The molecule has 0 aliphatic rings. The van der Waals surface area contributed by atoms with E-state index in [9.17, 15) is 17.6 Å². The molecule has 0 aliphatic carbocycles. The van der Waals surface area contributed by atoms with Crippen molar-refractivity contribution in [3.05, 3.63) is 53.3 Å². The molecular formula is C17H18ClFN2O4S. The summed E-state index contributed by atoms with van der Waals surface area (Å²) in [6, 6.07) is 10.0. The molecule has 0 radical (unpaired) electrons. The van der Waals surface area contributed by atoms with Crippen LogP contribution in [0.2, 0.25) is 5.02 Å². The number of halogens is 2. The monoisotopic (exact) mass is 400 g/mol. The average molecular weight is 401 g/mol. The third kappa shape index (κ3) is 5.34. The van der Waals surface area contributed by atoms with Crippen molar-refractivity contribution < 1.29 is 22.3 Å². The molecule has 6 nitrogen and oxygen atoms in total. The molecule has 0 bridgehead atoms.